The number of esters is 2. The van der Waals surface area contributed by atoms with Crippen molar-refractivity contribution in [3.8, 4) is 0 Å². The van der Waals surface area contributed by atoms with Crippen LogP contribution in [0.25, 0.3) is 22.2 Å². The number of thioether (sulfide) groups is 2. The second-order valence-corrected chi connectivity index (χ2v) is 21.7. The number of nitrogen functional groups attached to an aromatic ring is 2. The van der Waals surface area contributed by atoms with Gasteiger partial charge in [-0.2, -0.15) is 29.9 Å². The maximum Gasteiger partial charge on any atom is 0.490 e. The summed E-state index contributed by atoms with van der Waals surface area (Å²) in [6.45, 7) is 1.17. The molecule has 32 nitrogen and oxygen atoms in total. The summed E-state index contributed by atoms with van der Waals surface area (Å²) in [6, 6.07) is 0.915. The summed E-state index contributed by atoms with van der Waals surface area (Å²) in [6.07, 6.45) is 3.32. The van der Waals surface area contributed by atoms with Crippen LogP contribution >= 0.6 is 35.1 Å². The number of aliphatic carboxylic acids is 1. The number of carboxylic acids is 1. The highest BCUT2D eigenvalue weighted by molar-refractivity contribution is 8.00. The van der Waals surface area contributed by atoms with Crippen LogP contribution in [0.5, 0.6) is 0 Å². The maximum atomic E-state index is 13.4. The van der Waals surface area contributed by atoms with Gasteiger partial charge in [0.1, 0.15) is 38.4 Å². The predicted molar refractivity (Wildman–Crippen MR) is 312 cm³/mol. The number of pyridine rings is 1. The Morgan fingerprint density at radius 1 is 0.851 bits per heavy atom. The van der Waals surface area contributed by atoms with E-state index in [2.05, 4.69) is 51.2 Å². The zero-order chi connectivity index (χ0) is 64.1. The van der Waals surface area contributed by atoms with Crippen LogP contribution in [0.4, 0.5) is 29.7 Å². The van der Waals surface area contributed by atoms with Gasteiger partial charge in [0.15, 0.2) is 28.4 Å². The molecule has 2 aliphatic rings. The Hall–Kier alpha value is -7.90. The Morgan fingerprint density at radius 2 is 1.49 bits per heavy atom. The van der Waals surface area contributed by atoms with Crippen molar-refractivity contribution in [2.45, 2.75) is 114 Å². The molecule has 6 heterocycles. The van der Waals surface area contributed by atoms with E-state index < -0.39 is 53.1 Å². The summed E-state index contributed by atoms with van der Waals surface area (Å²) in [5.41, 5.74) is 28.0. The molecule has 0 saturated carbocycles. The number of amides is 5. The van der Waals surface area contributed by atoms with Gasteiger partial charge in [-0.1, -0.05) is 12.8 Å². The summed E-state index contributed by atoms with van der Waals surface area (Å²) in [7, 11) is 0. The number of H-pyrrole nitrogens is 2. The largest absolute Gasteiger partial charge is 0.490 e. The average Bonchev–Trinajstić information content (AvgIpc) is 2.02. The molecule has 0 bridgehead atoms. The molecule has 2 aliphatic heterocycles. The number of carbonyl (C=O) groups is 8. The number of hydrogen-bond donors (Lipinski definition) is 12. The molecule has 4 aromatic rings. The molecule has 2 fully saturated rings. The molecular weight excluding hydrogens is 1220 g/mol. The van der Waals surface area contributed by atoms with Crippen LogP contribution in [0, 0.1) is 5.92 Å². The Balaban J connectivity index is 0.000000490. The first-order valence-electron chi connectivity index (χ1n) is 26.9. The van der Waals surface area contributed by atoms with E-state index in [-0.39, 0.29) is 148 Å². The molecule has 87 heavy (non-hydrogen) atoms. The van der Waals surface area contributed by atoms with Crippen LogP contribution in [0.1, 0.15) is 70.6 Å². The fraction of sp³-hybridized carbons (Fsp3) is 0.592. The van der Waals surface area contributed by atoms with Gasteiger partial charge in [-0.05, 0) is 38.5 Å². The zero-order valence-corrected chi connectivity index (χ0v) is 49.3. The number of carboxylic acid groups (broad SMARTS) is 1. The van der Waals surface area contributed by atoms with Gasteiger partial charge in [0.2, 0.25) is 23.7 Å². The summed E-state index contributed by atoms with van der Waals surface area (Å²) >= 11 is 8.21. The molecule has 5 amide bonds. The number of anilines is 2. The van der Waals surface area contributed by atoms with Crippen molar-refractivity contribution in [3.05, 3.63) is 39.4 Å². The summed E-state index contributed by atoms with van der Waals surface area (Å²) in [5.74, 6) is -5.38. The van der Waals surface area contributed by atoms with Crippen molar-refractivity contribution in [2.75, 3.05) is 74.1 Å². The number of ketones is 1. The zero-order valence-electron chi connectivity index (χ0n) is 46.9. The Kier molecular flexibility index (Phi) is 30.4. The molecule has 1 unspecified atom stereocenters. The highest BCUT2D eigenvalue weighted by Gasteiger charge is 2.42. The number of Topliss-reactive ketones (excluding diaryl/α,β-unsaturated/α-hetero) is 1. The number of fused-ring (bicyclic) bond motifs is 3. The SMILES string of the molecule is NC(=O)[C@H](CSCC(=O)OCCOCn1cnc2c(=O)[nH]c(N)cc21)CC(=O)C(CCCN=C(N)N)NC(=O)CCCCCNC(=O)CCCC[C@@H]1SC[C@@H]2NC(=O)N[C@@H]21.Nc1nc2c(ncn2COCCOC(=O)CCl)c(=O)[nH]1.O=C(O)C(F)(F)F. The third-order valence-corrected chi connectivity index (χ3v) is 15.3. The number of nitrogens with two attached hydrogens (primary N) is 5. The quantitative estimate of drug-likeness (QED) is 0.00699. The number of carbonyl (C=O) groups excluding carboxylic acids is 7. The fourth-order valence-corrected chi connectivity index (χ4v) is 10.8. The van der Waals surface area contributed by atoms with Crippen LogP contribution < -0.4 is 61.1 Å². The lowest BCUT2D eigenvalue weighted by Crippen LogP contribution is -2.43. The summed E-state index contributed by atoms with van der Waals surface area (Å²) in [4.78, 5) is 139. The molecule has 38 heteroatoms. The number of ether oxygens (including phenoxy) is 4. The highest BCUT2D eigenvalue weighted by Crippen LogP contribution is 2.33. The minimum Gasteiger partial charge on any atom is -0.475 e. The first kappa shape index (κ1) is 71.6. The lowest BCUT2D eigenvalue weighted by Gasteiger charge is -2.20. The number of alkyl halides is 4. The third-order valence-electron chi connectivity index (χ3n) is 12.5. The molecule has 6 rings (SSSR count). The first-order valence-corrected chi connectivity index (χ1v) is 29.7. The minimum atomic E-state index is -5.08. The molecule has 0 radical (unpaired) electrons. The number of urea groups is 1. The number of aromatic nitrogens is 7. The first-order chi connectivity index (χ1) is 41.4. The van der Waals surface area contributed by atoms with Crippen LogP contribution in [-0.4, -0.2) is 185 Å². The van der Waals surface area contributed by atoms with Crippen LogP contribution in [-0.2, 0) is 66.0 Å². The average molecular weight is 1290 g/mol. The van der Waals surface area contributed by atoms with E-state index in [0.29, 0.717) is 55.1 Å². The Labute approximate surface area is 506 Å². The number of rotatable bonds is 35. The topological polar surface area (TPSA) is 499 Å². The fourth-order valence-electron chi connectivity index (χ4n) is 8.27. The number of imidazole rings is 2. The number of halogens is 4. The number of nitrogens with zero attached hydrogens (tertiary/aromatic N) is 6. The molecule has 0 spiro atoms. The van der Waals surface area contributed by atoms with E-state index in [4.69, 9.17) is 69.1 Å². The monoisotopic (exact) mass is 1290 g/mol. The molecule has 4 aromatic heterocycles. The van der Waals surface area contributed by atoms with Gasteiger partial charge in [0.25, 0.3) is 11.1 Å². The van der Waals surface area contributed by atoms with E-state index in [1.54, 1.807) is 10.6 Å². The van der Waals surface area contributed by atoms with Crippen molar-refractivity contribution in [3.63, 3.8) is 0 Å². The molecule has 0 aromatic carbocycles. The molecule has 5 atom stereocenters. The number of guanidine groups is 1. The minimum absolute atomic E-state index is 0.000271. The van der Waals surface area contributed by atoms with Gasteiger partial charge in [-0.25, -0.2) is 19.6 Å². The lowest BCUT2D eigenvalue weighted by atomic mass is 9.96. The second kappa shape index (κ2) is 36.9. The van der Waals surface area contributed by atoms with Gasteiger partial charge >= 0.3 is 30.1 Å². The van der Waals surface area contributed by atoms with E-state index in [1.165, 1.54) is 17.2 Å². The van der Waals surface area contributed by atoms with E-state index >= 15 is 0 Å². The standard InChI is InChI=1S/C37H58N12O9S2.C10H12ClN5O4.C2HF3O2/c38-28-16-25-33(35(55)47-28)44-20-49(25)21-57-13-14-58-31(53)19-59-17-22(34(39)54)15-26(50)23(7-6-12-43-36(40)41)45-30(52)10-2-1-5-11-42-29(51)9-4-3-8-27-32-24(18-60-27)46-37(56)48-32;11-3-6(17)20-2-1-19-5-16-4-13-7-8(16)14-10(12)15-9(7)18;3-2(4,5)1(6)7/h16,20,22-24,27,32H,1-15,17-19,21H2,(H2,39,54)(H,42,51)(H,45,52)(H3,38,47,55)(H4,40,41,43)(H2,46,48,56);4H,1-3,5H2,(H3,12,14,15,18);(H,6,7)/t22-,23?,24-,27-,32-;;/m0../s1. The number of hydrogen-bond acceptors (Lipinski definition) is 22. The van der Waals surface area contributed by atoms with E-state index in [0.717, 1.165) is 36.8 Å². The van der Waals surface area contributed by atoms with Gasteiger partial charge in [0.05, 0.1) is 61.2 Å². The number of aliphatic imine (C=N–C) groups is 1. The van der Waals surface area contributed by atoms with Crippen molar-refractivity contribution in [1.29, 1.82) is 0 Å². The number of primary amides is 1. The van der Waals surface area contributed by atoms with Crippen molar-refractivity contribution >= 4 is 122 Å². The number of aromatic amines is 2. The van der Waals surface area contributed by atoms with Crippen molar-refractivity contribution in [1.82, 2.24) is 55.3 Å². The van der Waals surface area contributed by atoms with Gasteiger partial charge in [-0.3, -0.25) is 52.9 Å². The van der Waals surface area contributed by atoms with Crippen LogP contribution in [0.2, 0.25) is 0 Å². The van der Waals surface area contributed by atoms with Gasteiger partial charge < -0.3 is 83.5 Å². The smallest absolute Gasteiger partial charge is 0.475 e. The number of unbranched alkanes of at least 4 members (excludes halogenated alkanes) is 3. The summed E-state index contributed by atoms with van der Waals surface area (Å²) < 4.78 is 55.6. The normalized spacial score (nSPS) is 15.7. The molecule has 17 N–H and O–H groups in total. The van der Waals surface area contributed by atoms with Gasteiger partial charge in [-0.15, -0.1) is 23.4 Å². The lowest BCUT2D eigenvalue weighted by molar-refractivity contribution is -0.192. The number of nitrogens with one attached hydrogen (secondary N) is 6. The van der Waals surface area contributed by atoms with Crippen LogP contribution in [0.15, 0.2) is 33.3 Å². The Bertz CT molecular complexity index is 3110. The van der Waals surface area contributed by atoms with Gasteiger partial charge in [0, 0.05) is 55.2 Å². The molecule has 482 valence electrons. The van der Waals surface area contributed by atoms with Crippen LogP contribution in [0.3, 0.4) is 0 Å². The highest BCUT2D eigenvalue weighted by atomic mass is 35.5. The third kappa shape index (κ3) is 25.9. The van der Waals surface area contributed by atoms with E-state index in [1.807, 2.05) is 11.8 Å². The molecule has 0 aliphatic carbocycles. The second-order valence-electron chi connectivity index (χ2n) is 19.2. The van der Waals surface area contributed by atoms with Crippen molar-refractivity contribution < 1.29 is 75.6 Å². The molecule has 2 saturated heterocycles. The molecular formula is C49H71ClF3N17O15S2. The predicted octanol–water partition coefficient (Wildman–Crippen LogP) is -0.350. The maximum absolute atomic E-state index is 13.4. The Morgan fingerprint density at radius 3 is 2.17 bits per heavy atom. The van der Waals surface area contributed by atoms with E-state index in [9.17, 15) is 56.3 Å². The summed E-state index contributed by atoms with van der Waals surface area (Å²) in [5, 5.41) is 19.1. The van der Waals surface area contributed by atoms with Crippen molar-refractivity contribution in [2.24, 2.45) is 28.1 Å².